The van der Waals surface area contributed by atoms with Crippen LogP contribution in [0.25, 0.3) is 16.7 Å². The van der Waals surface area contributed by atoms with E-state index in [1.807, 2.05) is 31.2 Å². The van der Waals surface area contributed by atoms with E-state index in [0.717, 1.165) is 16.7 Å². The maximum absolute atomic E-state index is 8.99. The molecule has 0 spiro atoms. The molecule has 0 aliphatic heterocycles. The van der Waals surface area contributed by atoms with Gasteiger partial charge in [0.25, 0.3) is 0 Å². The Kier molecular flexibility index (Phi) is 3.40. The van der Waals surface area contributed by atoms with Crippen LogP contribution in [0.15, 0.2) is 55.1 Å². The maximum Gasteiger partial charge on any atom is 0.0681 e. The summed E-state index contributed by atoms with van der Waals surface area (Å²) >= 11 is 0. The van der Waals surface area contributed by atoms with Crippen molar-refractivity contribution in [2.24, 2.45) is 0 Å². The third kappa shape index (κ3) is 2.63. The summed E-state index contributed by atoms with van der Waals surface area (Å²) in [7, 11) is 0. The third-order valence-corrected chi connectivity index (χ3v) is 2.85. The number of benzene rings is 2. The van der Waals surface area contributed by atoms with E-state index in [1.165, 1.54) is 11.1 Å². The zero-order valence-electron chi connectivity index (χ0n) is 9.98. The van der Waals surface area contributed by atoms with Gasteiger partial charge in [-0.3, -0.25) is 0 Å². The molecule has 2 aromatic carbocycles. The Morgan fingerprint density at radius 1 is 0.941 bits per heavy atom. The van der Waals surface area contributed by atoms with E-state index in [2.05, 4.69) is 30.8 Å². The molecule has 0 bridgehead atoms. The van der Waals surface area contributed by atoms with Gasteiger partial charge in [0.05, 0.1) is 6.61 Å². The number of aliphatic hydroxyl groups is 1. The van der Waals surface area contributed by atoms with Gasteiger partial charge in [-0.2, -0.15) is 0 Å². The standard InChI is InChI=1S/C16H16O/c1-12(2)14-7-9-16(10-8-14)15-5-3-13(11-17)4-6-15/h3-10,17H,1,11H2,2H3. The predicted octanol–water partition coefficient (Wildman–Crippen LogP) is 3.88. The topological polar surface area (TPSA) is 20.2 Å². The summed E-state index contributed by atoms with van der Waals surface area (Å²) in [6, 6.07) is 16.3. The molecule has 17 heavy (non-hydrogen) atoms. The van der Waals surface area contributed by atoms with Crippen LogP contribution in [0.1, 0.15) is 18.1 Å². The Balaban J connectivity index is 2.29. The summed E-state index contributed by atoms with van der Waals surface area (Å²) in [5, 5.41) is 8.99. The molecular weight excluding hydrogens is 208 g/mol. The molecule has 1 heteroatoms. The smallest absolute Gasteiger partial charge is 0.0681 e. The van der Waals surface area contributed by atoms with Gasteiger partial charge in [0.2, 0.25) is 0 Å². The minimum Gasteiger partial charge on any atom is -0.392 e. The van der Waals surface area contributed by atoms with Crippen LogP contribution < -0.4 is 0 Å². The second kappa shape index (κ2) is 4.98. The highest BCUT2D eigenvalue weighted by molar-refractivity contribution is 5.68. The lowest BCUT2D eigenvalue weighted by Crippen LogP contribution is -1.84. The number of hydrogen-bond acceptors (Lipinski definition) is 1. The molecule has 0 atom stereocenters. The fourth-order valence-corrected chi connectivity index (χ4v) is 1.75. The van der Waals surface area contributed by atoms with Gasteiger partial charge in [-0.05, 0) is 29.2 Å². The van der Waals surface area contributed by atoms with Crippen molar-refractivity contribution in [3.63, 3.8) is 0 Å². The lowest BCUT2D eigenvalue weighted by Gasteiger charge is -2.05. The van der Waals surface area contributed by atoms with E-state index in [9.17, 15) is 0 Å². The van der Waals surface area contributed by atoms with Gasteiger partial charge in [-0.15, -0.1) is 0 Å². The minimum absolute atomic E-state index is 0.0921. The van der Waals surface area contributed by atoms with E-state index < -0.39 is 0 Å². The lowest BCUT2D eigenvalue weighted by atomic mass is 10.0. The van der Waals surface area contributed by atoms with E-state index in [0.29, 0.717) is 0 Å². The maximum atomic E-state index is 8.99. The van der Waals surface area contributed by atoms with Crippen molar-refractivity contribution in [2.45, 2.75) is 13.5 Å². The van der Waals surface area contributed by atoms with Crippen LogP contribution in [0.4, 0.5) is 0 Å². The van der Waals surface area contributed by atoms with Crippen LogP contribution in [-0.4, -0.2) is 5.11 Å². The van der Waals surface area contributed by atoms with Gasteiger partial charge >= 0.3 is 0 Å². The molecule has 0 aliphatic carbocycles. The Labute approximate surface area is 102 Å². The van der Waals surface area contributed by atoms with E-state index in [-0.39, 0.29) is 6.61 Å². The van der Waals surface area contributed by atoms with Crippen LogP contribution in [0.5, 0.6) is 0 Å². The van der Waals surface area contributed by atoms with Crippen molar-refractivity contribution in [2.75, 3.05) is 0 Å². The first-order valence-electron chi connectivity index (χ1n) is 5.67. The van der Waals surface area contributed by atoms with Crippen LogP contribution >= 0.6 is 0 Å². The fraction of sp³-hybridized carbons (Fsp3) is 0.125. The van der Waals surface area contributed by atoms with Crippen molar-refractivity contribution in [1.29, 1.82) is 0 Å². The molecule has 2 aromatic rings. The Bertz CT molecular complexity index is 506. The van der Waals surface area contributed by atoms with Gasteiger partial charge in [0.1, 0.15) is 0 Å². The van der Waals surface area contributed by atoms with E-state index in [1.54, 1.807) is 0 Å². The summed E-state index contributed by atoms with van der Waals surface area (Å²) in [6.07, 6.45) is 0. The summed E-state index contributed by atoms with van der Waals surface area (Å²) in [4.78, 5) is 0. The first-order valence-corrected chi connectivity index (χ1v) is 5.67. The van der Waals surface area contributed by atoms with Crippen molar-refractivity contribution in [3.8, 4) is 11.1 Å². The molecule has 0 radical (unpaired) electrons. The molecule has 0 amide bonds. The van der Waals surface area contributed by atoms with Gasteiger partial charge in [-0.1, -0.05) is 60.7 Å². The SMILES string of the molecule is C=C(C)c1ccc(-c2ccc(CO)cc2)cc1. The molecule has 0 fully saturated rings. The quantitative estimate of drug-likeness (QED) is 0.838. The molecule has 0 aliphatic rings. The molecule has 0 saturated carbocycles. The molecule has 2 rings (SSSR count). The summed E-state index contributed by atoms with van der Waals surface area (Å²) in [6.45, 7) is 6.02. The molecule has 0 unspecified atom stereocenters. The van der Waals surface area contributed by atoms with Crippen molar-refractivity contribution < 1.29 is 5.11 Å². The Morgan fingerprint density at radius 3 is 1.82 bits per heavy atom. The van der Waals surface area contributed by atoms with Gasteiger partial charge in [0, 0.05) is 0 Å². The molecule has 0 aromatic heterocycles. The zero-order chi connectivity index (χ0) is 12.3. The van der Waals surface area contributed by atoms with E-state index >= 15 is 0 Å². The first-order chi connectivity index (χ1) is 8.20. The molecule has 0 heterocycles. The zero-order valence-corrected chi connectivity index (χ0v) is 9.98. The summed E-state index contributed by atoms with van der Waals surface area (Å²) in [5.74, 6) is 0. The van der Waals surface area contributed by atoms with Crippen molar-refractivity contribution in [1.82, 2.24) is 0 Å². The molecule has 0 saturated heterocycles. The van der Waals surface area contributed by atoms with Crippen LogP contribution in [0.2, 0.25) is 0 Å². The van der Waals surface area contributed by atoms with E-state index in [4.69, 9.17) is 5.11 Å². The van der Waals surface area contributed by atoms with Gasteiger partial charge < -0.3 is 5.11 Å². The Morgan fingerprint density at radius 2 is 1.41 bits per heavy atom. The second-order valence-electron chi connectivity index (χ2n) is 4.21. The highest BCUT2D eigenvalue weighted by Gasteiger charge is 1.99. The predicted molar refractivity (Wildman–Crippen MR) is 72.5 cm³/mol. The fourth-order valence-electron chi connectivity index (χ4n) is 1.75. The van der Waals surface area contributed by atoms with Crippen LogP contribution in [0.3, 0.4) is 0 Å². The molecule has 86 valence electrons. The molecule has 1 N–H and O–H groups in total. The normalized spacial score (nSPS) is 10.2. The van der Waals surface area contributed by atoms with Gasteiger partial charge in [0.15, 0.2) is 0 Å². The number of allylic oxidation sites excluding steroid dienone is 1. The average Bonchev–Trinajstić information content (AvgIpc) is 2.39. The highest BCUT2D eigenvalue weighted by Crippen LogP contribution is 2.22. The second-order valence-corrected chi connectivity index (χ2v) is 4.21. The van der Waals surface area contributed by atoms with Crippen molar-refractivity contribution >= 4 is 5.57 Å². The number of rotatable bonds is 3. The Hall–Kier alpha value is -1.86. The van der Waals surface area contributed by atoms with Gasteiger partial charge in [-0.25, -0.2) is 0 Å². The first kappa shape index (κ1) is 11.6. The monoisotopic (exact) mass is 224 g/mol. The minimum atomic E-state index is 0.0921. The van der Waals surface area contributed by atoms with Crippen LogP contribution in [-0.2, 0) is 6.61 Å². The molecule has 1 nitrogen and oxygen atoms in total. The third-order valence-electron chi connectivity index (χ3n) is 2.85. The number of hydrogen-bond donors (Lipinski definition) is 1. The summed E-state index contributed by atoms with van der Waals surface area (Å²) in [5.41, 5.74) is 5.52. The van der Waals surface area contributed by atoms with Crippen LogP contribution in [0, 0.1) is 0 Å². The lowest BCUT2D eigenvalue weighted by molar-refractivity contribution is 0.282. The average molecular weight is 224 g/mol. The largest absolute Gasteiger partial charge is 0.392 e. The highest BCUT2D eigenvalue weighted by atomic mass is 16.3. The number of aliphatic hydroxyl groups excluding tert-OH is 1. The van der Waals surface area contributed by atoms with Crippen molar-refractivity contribution in [3.05, 3.63) is 66.2 Å². The molecular formula is C16H16O. The summed E-state index contributed by atoms with van der Waals surface area (Å²) < 4.78 is 0.